The summed E-state index contributed by atoms with van der Waals surface area (Å²) in [6.07, 6.45) is 0. The van der Waals surface area contributed by atoms with E-state index in [0.29, 0.717) is 0 Å². The standard InChI is InChI=1S/2C8H6O3.Fe/c2*9-7(8(10)11)6-4-2-1-3-5-6;/h2*1-5H,(H,10,11);. The molecule has 0 aliphatic heterocycles. The summed E-state index contributed by atoms with van der Waals surface area (Å²) in [5, 5.41) is 16.6. The van der Waals surface area contributed by atoms with Gasteiger partial charge >= 0.3 is 11.9 Å². The van der Waals surface area contributed by atoms with E-state index in [1.165, 1.54) is 24.3 Å². The van der Waals surface area contributed by atoms with Crippen molar-refractivity contribution in [2.75, 3.05) is 0 Å². The predicted molar refractivity (Wildman–Crippen MR) is 76.8 cm³/mol. The summed E-state index contributed by atoms with van der Waals surface area (Å²) in [5.41, 5.74) is 0.417. The Bertz CT molecular complexity index is 621. The van der Waals surface area contributed by atoms with Crippen molar-refractivity contribution in [1.29, 1.82) is 0 Å². The Labute approximate surface area is 142 Å². The zero-order valence-electron chi connectivity index (χ0n) is 11.7. The molecule has 0 heterocycles. The van der Waals surface area contributed by atoms with E-state index in [-0.39, 0.29) is 28.2 Å². The molecule has 0 atom stereocenters. The van der Waals surface area contributed by atoms with E-state index in [4.69, 9.17) is 10.2 Å². The Hall–Kier alpha value is -2.76. The van der Waals surface area contributed by atoms with Crippen LogP contribution in [0.2, 0.25) is 0 Å². The van der Waals surface area contributed by atoms with Crippen LogP contribution >= 0.6 is 0 Å². The molecule has 0 fully saturated rings. The van der Waals surface area contributed by atoms with Crippen LogP contribution in [0.4, 0.5) is 0 Å². The van der Waals surface area contributed by atoms with Gasteiger partial charge in [0.15, 0.2) is 0 Å². The molecule has 0 radical (unpaired) electrons. The second-order valence-corrected chi connectivity index (χ2v) is 4.00. The van der Waals surface area contributed by atoms with E-state index in [1.54, 1.807) is 36.4 Å². The molecule has 2 N–H and O–H groups in total. The van der Waals surface area contributed by atoms with Crippen molar-refractivity contribution in [3.63, 3.8) is 0 Å². The van der Waals surface area contributed by atoms with Gasteiger partial charge in [0.25, 0.3) is 11.6 Å². The molecule has 2 rings (SSSR count). The molecule has 0 unspecified atom stereocenters. The van der Waals surface area contributed by atoms with Gasteiger partial charge in [-0.1, -0.05) is 60.7 Å². The van der Waals surface area contributed by atoms with Crippen LogP contribution in [-0.4, -0.2) is 33.7 Å². The van der Waals surface area contributed by atoms with Crippen LogP contribution in [0.5, 0.6) is 0 Å². The predicted octanol–water partition coefficient (Wildman–Crippen LogP) is 1.91. The number of ketones is 2. The summed E-state index contributed by atoms with van der Waals surface area (Å²) in [6, 6.07) is 15.8. The number of aliphatic carboxylic acids is 2. The number of benzene rings is 2. The van der Waals surface area contributed by atoms with Crippen LogP contribution in [0.15, 0.2) is 60.7 Å². The van der Waals surface area contributed by atoms with Gasteiger partial charge < -0.3 is 10.2 Å². The third-order valence-corrected chi connectivity index (χ3v) is 2.46. The third-order valence-electron chi connectivity index (χ3n) is 2.46. The first-order valence-electron chi connectivity index (χ1n) is 6.09. The Morgan fingerprint density at radius 1 is 0.565 bits per heavy atom. The molecular weight excluding hydrogens is 344 g/mol. The number of rotatable bonds is 4. The molecule has 2 aromatic rings. The van der Waals surface area contributed by atoms with Crippen LogP contribution in [0.3, 0.4) is 0 Å². The van der Waals surface area contributed by atoms with E-state index < -0.39 is 23.5 Å². The van der Waals surface area contributed by atoms with Gasteiger partial charge in [0.05, 0.1) is 0 Å². The zero-order valence-corrected chi connectivity index (χ0v) is 12.8. The Morgan fingerprint density at radius 3 is 1.04 bits per heavy atom. The van der Waals surface area contributed by atoms with E-state index >= 15 is 0 Å². The molecule has 0 aliphatic carbocycles. The topological polar surface area (TPSA) is 109 Å². The van der Waals surface area contributed by atoms with Crippen molar-refractivity contribution in [3.05, 3.63) is 71.8 Å². The van der Waals surface area contributed by atoms with Crippen LogP contribution in [0.25, 0.3) is 0 Å². The molecule has 0 aliphatic rings. The van der Waals surface area contributed by atoms with Gasteiger partial charge in [-0.3, -0.25) is 9.59 Å². The molecule has 0 bridgehead atoms. The average molecular weight is 356 g/mol. The minimum atomic E-state index is -1.42. The smallest absolute Gasteiger partial charge is 0.377 e. The maximum Gasteiger partial charge on any atom is 0.377 e. The monoisotopic (exact) mass is 356 g/mol. The van der Waals surface area contributed by atoms with E-state index in [0.717, 1.165) is 0 Å². The summed E-state index contributed by atoms with van der Waals surface area (Å²) in [6.45, 7) is 0. The zero-order chi connectivity index (χ0) is 16.5. The number of carboxylic acids is 2. The first-order valence-corrected chi connectivity index (χ1v) is 6.09. The van der Waals surface area contributed by atoms with Crippen LogP contribution < -0.4 is 0 Å². The van der Waals surface area contributed by atoms with Crippen molar-refractivity contribution >= 4 is 23.5 Å². The van der Waals surface area contributed by atoms with Gasteiger partial charge in [-0.15, -0.1) is 0 Å². The van der Waals surface area contributed by atoms with Crippen LogP contribution in [-0.2, 0) is 26.7 Å². The molecule has 0 saturated carbocycles. The fourth-order valence-electron chi connectivity index (χ4n) is 1.43. The normalized spacial score (nSPS) is 8.70. The van der Waals surface area contributed by atoms with Gasteiger partial charge in [0.2, 0.25) is 0 Å². The SMILES string of the molecule is O=C(O)C(=O)c1ccccc1.O=C(O)C(=O)c1ccccc1.[Fe]. The molecule has 23 heavy (non-hydrogen) atoms. The minimum Gasteiger partial charge on any atom is -0.475 e. The molecule has 6 nitrogen and oxygen atoms in total. The maximum atomic E-state index is 10.7. The van der Waals surface area contributed by atoms with Crippen molar-refractivity contribution < 1.29 is 46.5 Å². The third kappa shape index (κ3) is 6.69. The molecular formula is C16H12FeO6. The van der Waals surface area contributed by atoms with Crippen molar-refractivity contribution in [3.8, 4) is 0 Å². The van der Waals surface area contributed by atoms with E-state index in [9.17, 15) is 19.2 Å². The maximum absolute atomic E-state index is 10.7. The first kappa shape index (κ1) is 20.2. The summed E-state index contributed by atoms with van der Waals surface area (Å²) < 4.78 is 0. The molecule has 0 aromatic heterocycles. The molecule has 2 aromatic carbocycles. The number of carboxylic acid groups (broad SMARTS) is 2. The van der Waals surface area contributed by atoms with Gasteiger partial charge in [-0.25, -0.2) is 9.59 Å². The largest absolute Gasteiger partial charge is 0.475 e. The summed E-state index contributed by atoms with van der Waals surface area (Å²) in [5.74, 6) is -4.58. The summed E-state index contributed by atoms with van der Waals surface area (Å²) in [7, 11) is 0. The molecule has 120 valence electrons. The fraction of sp³-hybridized carbons (Fsp3) is 0. The van der Waals surface area contributed by atoms with Crippen LogP contribution in [0.1, 0.15) is 20.7 Å². The Balaban J connectivity index is 0.000000403. The minimum absolute atomic E-state index is 0. The van der Waals surface area contributed by atoms with E-state index in [1.807, 2.05) is 0 Å². The van der Waals surface area contributed by atoms with Crippen molar-refractivity contribution in [1.82, 2.24) is 0 Å². The van der Waals surface area contributed by atoms with Gasteiger partial charge in [-0.05, 0) is 0 Å². The van der Waals surface area contributed by atoms with E-state index in [2.05, 4.69) is 0 Å². The Kier molecular flexibility index (Phi) is 8.84. The van der Waals surface area contributed by atoms with Gasteiger partial charge in [0.1, 0.15) is 0 Å². The molecule has 0 saturated heterocycles. The van der Waals surface area contributed by atoms with Crippen molar-refractivity contribution in [2.24, 2.45) is 0 Å². The second kappa shape index (κ2) is 10.0. The quantitative estimate of drug-likeness (QED) is 0.492. The first-order chi connectivity index (χ1) is 10.4. The second-order valence-electron chi connectivity index (χ2n) is 4.00. The fourth-order valence-corrected chi connectivity index (χ4v) is 1.43. The summed E-state index contributed by atoms with van der Waals surface area (Å²) in [4.78, 5) is 41.8. The number of hydrogen-bond acceptors (Lipinski definition) is 4. The van der Waals surface area contributed by atoms with Gasteiger partial charge in [0, 0.05) is 28.2 Å². The molecule has 0 amide bonds. The Morgan fingerprint density at radius 2 is 0.826 bits per heavy atom. The molecule has 7 heteroatoms. The number of carbonyl (C=O) groups excluding carboxylic acids is 2. The number of carbonyl (C=O) groups is 4. The number of Topliss-reactive ketones (excluding diaryl/α,β-unsaturated/α-hetero) is 2. The van der Waals surface area contributed by atoms with Gasteiger partial charge in [-0.2, -0.15) is 0 Å². The average Bonchev–Trinajstić information content (AvgIpc) is 2.55. The van der Waals surface area contributed by atoms with Crippen molar-refractivity contribution in [2.45, 2.75) is 0 Å². The summed E-state index contributed by atoms with van der Waals surface area (Å²) >= 11 is 0. The molecule has 0 spiro atoms. The number of hydrogen-bond donors (Lipinski definition) is 2. The van der Waals surface area contributed by atoms with Crippen LogP contribution in [0, 0.1) is 0 Å².